The number of morpholine rings is 1. The van der Waals surface area contributed by atoms with Crippen molar-refractivity contribution in [2.45, 2.75) is 44.2 Å². The van der Waals surface area contributed by atoms with Crippen molar-refractivity contribution < 1.29 is 13.9 Å². The average Bonchev–Trinajstić information content (AvgIpc) is 3.30. The van der Waals surface area contributed by atoms with Gasteiger partial charge in [0, 0.05) is 25.6 Å². The molecule has 3 fully saturated rings. The van der Waals surface area contributed by atoms with Crippen LogP contribution in [0.2, 0.25) is 0 Å². The standard InChI is InChI=1S/C16H23N3O3/c1-2-18-6-5-13-12(9-18)19(7-8-21-13)16(20)15-14(11-3-4-11)17-10-22-15/h10-13H,2-9H2,1H3/t12-,13+/m0/s1. The van der Waals surface area contributed by atoms with Gasteiger partial charge in [-0.05, 0) is 25.8 Å². The first-order valence-electron chi connectivity index (χ1n) is 8.36. The molecule has 6 heteroatoms. The number of ether oxygens (including phenoxy) is 1. The lowest BCUT2D eigenvalue weighted by atomic mass is 9.98. The van der Waals surface area contributed by atoms with Crippen molar-refractivity contribution in [2.24, 2.45) is 0 Å². The molecule has 0 aromatic carbocycles. The third-order valence-corrected chi connectivity index (χ3v) is 5.13. The fourth-order valence-corrected chi connectivity index (χ4v) is 3.67. The van der Waals surface area contributed by atoms with E-state index in [0.717, 1.165) is 44.6 Å². The van der Waals surface area contributed by atoms with Crippen LogP contribution in [0.4, 0.5) is 0 Å². The lowest BCUT2D eigenvalue weighted by Gasteiger charge is -2.46. The SMILES string of the molecule is CCN1CC[C@H]2OCCN(C(=O)c3ocnc3C3CC3)[C@H]2C1. The monoisotopic (exact) mass is 305 g/mol. The van der Waals surface area contributed by atoms with Crippen LogP contribution < -0.4 is 0 Å². The maximum atomic E-state index is 13.0. The molecule has 1 amide bonds. The summed E-state index contributed by atoms with van der Waals surface area (Å²) in [6.45, 7) is 6.38. The number of hydrogen-bond donors (Lipinski definition) is 0. The van der Waals surface area contributed by atoms with E-state index in [1.165, 1.54) is 6.39 Å². The smallest absolute Gasteiger partial charge is 0.292 e. The van der Waals surface area contributed by atoms with E-state index in [1.54, 1.807) is 0 Å². The first kappa shape index (κ1) is 14.2. The highest BCUT2D eigenvalue weighted by Gasteiger charge is 2.41. The number of oxazole rings is 1. The molecule has 120 valence electrons. The minimum absolute atomic E-state index is 0.00402. The molecule has 2 saturated heterocycles. The Labute approximate surface area is 130 Å². The minimum atomic E-state index is -0.00402. The molecule has 0 unspecified atom stereocenters. The molecule has 3 heterocycles. The van der Waals surface area contributed by atoms with Crippen LogP contribution in [0.25, 0.3) is 0 Å². The Kier molecular flexibility index (Phi) is 3.66. The van der Waals surface area contributed by atoms with Crippen LogP contribution in [0, 0.1) is 0 Å². The zero-order chi connectivity index (χ0) is 15.1. The van der Waals surface area contributed by atoms with Gasteiger partial charge in [-0.1, -0.05) is 6.92 Å². The Hall–Kier alpha value is -1.40. The van der Waals surface area contributed by atoms with Gasteiger partial charge in [-0.3, -0.25) is 4.79 Å². The largest absolute Gasteiger partial charge is 0.438 e. The molecule has 2 aliphatic heterocycles. The molecule has 1 aromatic heterocycles. The summed E-state index contributed by atoms with van der Waals surface area (Å²) in [6, 6.07) is 0.132. The molecule has 1 saturated carbocycles. The van der Waals surface area contributed by atoms with Crippen LogP contribution >= 0.6 is 0 Å². The number of hydrogen-bond acceptors (Lipinski definition) is 5. The second-order valence-corrected chi connectivity index (χ2v) is 6.50. The fraction of sp³-hybridized carbons (Fsp3) is 0.750. The Balaban J connectivity index is 1.56. The molecular formula is C16H23N3O3. The van der Waals surface area contributed by atoms with Crippen molar-refractivity contribution >= 4 is 5.91 Å². The predicted octanol–water partition coefficient (Wildman–Crippen LogP) is 1.49. The summed E-state index contributed by atoms with van der Waals surface area (Å²) < 4.78 is 11.4. The molecule has 6 nitrogen and oxygen atoms in total. The Bertz CT molecular complexity index is 555. The number of carbonyl (C=O) groups excluding carboxylic acids is 1. The Morgan fingerprint density at radius 3 is 3.00 bits per heavy atom. The van der Waals surface area contributed by atoms with Gasteiger partial charge < -0.3 is 19.0 Å². The lowest BCUT2D eigenvalue weighted by molar-refractivity contribution is -0.0902. The van der Waals surface area contributed by atoms with Crippen LogP contribution in [0.5, 0.6) is 0 Å². The second-order valence-electron chi connectivity index (χ2n) is 6.50. The number of fused-ring (bicyclic) bond motifs is 1. The van der Waals surface area contributed by atoms with E-state index in [2.05, 4.69) is 16.8 Å². The van der Waals surface area contributed by atoms with Gasteiger partial charge in [0.25, 0.3) is 5.91 Å². The number of amides is 1. The highest BCUT2D eigenvalue weighted by Crippen LogP contribution is 2.41. The highest BCUT2D eigenvalue weighted by atomic mass is 16.5. The van der Waals surface area contributed by atoms with Gasteiger partial charge in [-0.15, -0.1) is 0 Å². The van der Waals surface area contributed by atoms with E-state index in [4.69, 9.17) is 9.15 Å². The summed E-state index contributed by atoms with van der Waals surface area (Å²) in [6.07, 6.45) is 4.80. The molecule has 3 aliphatic rings. The predicted molar refractivity (Wildman–Crippen MR) is 79.8 cm³/mol. The van der Waals surface area contributed by atoms with E-state index >= 15 is 0 Å². The maximum Gasteiger partial charge on any atom is 0.292 e. The van der Waals surface area contributed by atoms with Gasteiger partial charge >= 0.3 is 0 Å². The topological polar surface area (TPSA) is 58.8 Å². The van der Waals surface area contributed by atoms with Gasteiger partial charge in [0.15, 0.2) is 6.39 Å². The Morgan fingerprint density at radius 1 is 1.36 bits per heavy atom. The summed E-state index contributed by atoms with van der Waals surface area (Å²) in [5.41, 5.74) is 0.858. The van der Waals surface area contributed by atoms with Gasteiger partial charge in [0.2, 0.25) is 5.76 Å². The molecule has 0 spiro atoms. The van der Waals surface area contributed by atoms with Crippen molar-refractivity contribution in [3.63, 3.8) is 0 Å². The van der Waals surface area contributed by atoms with Crippen molar-refractivity contribution in [3.8, 4) is 0 Å². The van der Waals surface area contributed by atoms with Gasteiger partial charge in [0.1, 0.15) is 0 Å². The molecular weight excluding hydrogens is 282 g/mol. The molecule has 4 rings (SSSR count). The number of piperidine rings is 1. The van der Waals surface area contributed by atoms with E-state index in [0.29, 0.717) is 24.8 Å². The van der Waals surface area contributed by atoms with Gasteiger partial charge in [-0.2, -0.15) is 0 Å². The number of aromatic nitrogens is 1. The van der Waals surface area contributed by atoms with Gasteiger partial charge in [-0.25, -0.2) is 4.98 Å². The van der Waals surface area contributed by atoms with Crippen molar-refractivity contribution in [1.29, 1.82) is 0 Å². The number of nitrogens with zero attached hydrogens (tertiary/aromatic N) is 3. The zero-order valence-electron chi connectivity index (χ0n) is 13.0. The number of likely N-dealkylation sites (N-methyl/N-ethyl adjacent to an activating group) is 1. The summed E-state index contributed by atoms with van der Waals surface area (Å²) in [4.78, 5) is 21.6. The van der Waals surface area contributed by atoms with Crippen LogP contribution in [0.1, 0.15) is 48.4 Å². The van der Waals surface area contributed by atoms with E-state index in [1.807, 2.05) is 4.90 Å². The van der Waals surface area contributed by atoms with Crippen molar-refractivity contribution in [2.75, 3.05) is 32.8 Å². The molecule has 0 N–H and O–H groups in total. The van der Waals surface area contributed by atoms with E-state index in [9.17, 15) is 4.79 Å². The Morgan fingerprint density at radius 2 is 2.23 bits per heavy atom. The minimum Gasteiger partial charge on any atom is -0.438 e. The molecule has 22 heavy (non-hydrogen) atoms. The normalized spacial score (nSPS) is 29.4. The molecule has 2 atom stereocenters. The number of rotatable bonds is 3. The number of carbonyl (C=O) groups is 1. The average molecular weight is 305 g/mol. The van der Waals surface area contributed by atoms with E-state index in [-0.39, 0.29) is 18.1 Å². The molecule has 0 radical (unpaired) electrons. The zero-order valence-corrected chi connectivity index (χ0v) is 13.0. The van der Waals surface area contributed by atoms with Crippen LogP contribution in [0.15, 0.2) is 10.8 Å². The summed E-state index contributed by atoms with van der Waals surface area (Å²) in [5, 5.41) is 0. The van der Waals surface area contributed by atoms with Gasteiger partial charge in [0.05, 0.1) is 24.4 Å². The molecule has 1 aliphatic carbocycles. The third-order valence-electron chi connectivity index (χ3n) is 5.13. The summed E-state index contributed by atoms with van der Waals surface area (Å²) in [7, 11) is 0. The summed E-state index contributed by atoms with van der Waals surface area (Å²) in [5.74, 6) is 0.875. The maximum absolute atomic E-state index is 13.0. The fourth-order valence-electron chi connectivity index (χ4n) is 3.67. The van der Waals surface area contributed by atoms with Crippen LogP contribution in [-0.4, -0.2) is 65.6 Å². The molecule has 1 aromatic rings. The first-order valence-corrected chi connectivity index (χ1v) is 8.36. The molecule has 0 bridgehead atoms. The summed E-state index contributed by atoms with van der Waals surface area (Å²) >= 11 is 0. The highest BCUT2D eigenvalue weighted by molar-refractivity contribution is 5.93. The lowest BCUT2D eigenvalue weighted by Crippen LogP contribution is -2.61. The van der Waals surface area contributed by atoms with Crippen molar-refractivity contribution in [3.05, 3.63) is 17.8 Å². The van der Waals surface area contributed by atoms with Crippen LogP contribution in [-0.2, 0) is 4.74 Å². The van der Waals surface area contributed by atoms with Crippen molar-refractivity contribution in [1.82, 2.24) is 14.8 Å². The first-order chi connectivity index (χ1) is 10.8. The third kappa shape index (κ3) is 2.44. The van der Waals surface area contributed by atoms with Crippen LogP contribution in [0.3, 0.4) is 0 Å². The van der Waals surface area contributed by atoms with E-state index < -0.39 is 0 Å². The number of likely N-dealkylation sites (tertiary alicyclic amines) is 1. The quantitative estimate of drug-likeness (QED) is 0.847. The second kappa shape index (κ2) is 5.66.